The summed E-state index contributed by atoms with van der Waals surface area (Å²) < 4.78 is 5.52. The molecule has 0 aliphatic heterocycles. The first-order valence-electron chi connectivity index (χ1n) is 9.83. The van der Waals surface area contributed by atoms with E-state index in [9.17, 15) is 9.59 Å². The first-order valence-corrected chi connectivity index (χ1v) is 9.83. The zero-order valence-corrected chi connectivity index (χ0v) is 18.2. The maximum Gasteiger partial charge on any atom is 0.344 e. The molecule has 3 rings (SSSR count). The van der Waals surface area contributed by atoms with Gasteiger partial charge in [-0.15, -0.1) is 0 Å². The van der Waals surface area contributed by atoms with E-state index in [1.807, 2.05) is 37.3 Å². The Kier molecular flexibility index (Phi) is 7.54. The second kappa shape index (κ2) is 9.88. The molecule has 0 bridgehead atoms. The average Bonchev–Trinajstić information content (AvgIpc) is 2.68. The van der Waals surface area contributed by atoms with Gasteiger partial charge in [0.15, 0.2) is 0 Å². The summed E-state index contributed by atoms with van der Waals surface area (Å²) >= 11 is 0. The quantitative estimate of drug-likeness (QED) is 0.457. The van der Waals surface area contributed by atoms with E-state index in [4.69, 9.17) is 10.5 Å². The third-order valence-corrected chi connectivity index (χ3v) is 4.50. The van der Waals surface area contributed by atoms with Gasteiger partial charge in [0.25, 0.3) is 0 Å². The fourth-order valence-electron chi connectivity index (χ4n) is 3.08. The molecule has 0 atom stereocenters. The fourth-order valence-corrected chi connectivity index (χ4v) is 3.08. The molecular weight excluding hydrogens is 374 g/mol. The Bertz CT molecular complexity index is 1000. The summed E-state index contributed by atoms with van der Waals surface area (Å²) in [5.41, 5.74) is 9.25. The Balaban J connectivity index is 0.000000297. The van der Waals surface area contributed by atoms with Gasteiger partial charge in [-0.3, -0.25) is 4.79 Å². The Morgan fingerprint density at radius 2 is 1.37 bits per heavy atom. The van der Waals surface area contributed by atoms with Crippen molar-refractivity contribution in [2.24, 2.45) is 5.73 Å². The standard InChI is InChI=1S/C19H22O2.C7H7NO/c1-13-11-14(2)17(16(12-13)19(3,4)5)18(20)21-15-9-7-6-8-10-15;8-7(9)6-4-2-1-3-5-6/h6-12H,1-5H3;1-5H,(H2,8,9). The van der Waals surface area contributed by atoms with Crippen molar-refractivity contribution >= 4 is 11.9 Å². The van der Waals surface area contributed by atoms with E-state index in [-0.39, 0.29) is 17.3 Å². The SMILES string of the molecule is Cc1cc(C)c(C(=O)Oc2ccccc2)c(C(C)(C)C)c1.NC(=O)c1ccccc1. The Labute approximate surface area is 178 Å². The number of carbonyl (C=O) groups excluding carboxylic acids is 2. The lowest BCUT2D eigenvalue weighted by molar-refractivity contribution is 0.0731. The van der Waals surface area contributed by atoms with Crippen LogP contribution >= 0.6 is 0 Å². The molecule has 0 fully saturated rings. The molecule has 0 aliphatic rings. The largest absolute Gasteiger partial charge is 0.423 e. The van der Waals surface area contributed by atoms with Gasteiger partial charge in [-0.05, 0) is 54.7 Å². The summed E-state index contributed by atoms with van der Waals surface area (Å²) in [6.45, 7) is 10.3. The molecule has 3 aromatic rings. The van der Waals surface area contributed by atoms with Crippen LogP contribution in [0.25, 0.3) is 0 Å². The van der Waals surface area contributed by atoms with Crippen LogP contribution in [0.1, 0.15) is 58.2 Å². The highest BCUT2D eigenvalue weighted by Crippen LogP contribution is 2.30. The minimum Gasteiger partial charge on any atom is -0.423 e. The highest BCUT2D eigenvalue weighted by atomic mass is 16.5. The van der Waals surface area contributed by atoms with E-state index < -0.39 is 0 Å². The summed E-state index contributed by atoms with van der Waals surface area (Å²) in [5, 5.41) is 0. The first kappa shape index (κ1) is 22.9. The molecule has 3 aromatic carbocycles. The van der Waals surface area contributed by atoms with Gasteiger partial charge in [-0.25, -0.2) is 4.79 Å². The molecule has 0 aliphatic carbocycles. The van der Waals surface area contributed by atoms with Crippen LogP contribution < -0.4 is 10.5 Å². The van der Waals surface area contributed by atoms with E-state index in [1.165, 1.54) is 0 Å². The lowest BCUT2D eigenvalue weighted by Gasteiger charge is -2.24. The number of ether oxygens (including phenoxy) is 1. The van der Waals surface area contributed by atoms with Gasteiger partial charge in [0.05, 0.1) is 5.56 Å². The maximum atomic E-state index is 12.6. The number of hydrogen-bond donors (Lipinski definition) is 1. The second-order valence-corrected chi connectivity index (χ2v) is 8.19. The molecule has 1 amide bonds. The third-order valence-electron chi connectivity index (χ3n) is 4.50. The van der Waals surface area contributed by atoms with Crippen LogP contribution in [-0.4, -0.2) is 11.9 Å². The van der Waals surface area contributed by atoms with E-state index >= 15 is 0 Å². The van der Waals surface area contributed by atoms with Crippen molar-refractivity contribution in [1.29, 1.82) is 0 Å². The summed E-state index contributed by atoms with van der Waals surface area (Å²) in [6, 6.07) is 22.1. The van der Waals surface area contributed by atoms with Crippen molar-refractivity contribution < 1.29 is 14.3 Å². The second-order valence-electron chi connectivity index (χ2n) is 8.19. The van der Waals surface area contributed by atoms with Crippen LogP contribution in [0.2, 0.25) is 0 Å². The number of esters is 1. The predicted molar refractivity (Wildman–Crippen MR) is 121 cm³/mol. The van der Waals surface area contributed by atoms with E-state index in [0.29, 0.717) is 16.9 Å². The Morgan fingerprint density at radius 1 is 0.833 bits per heavy atom. The molecule has 0 aromatic heterocycles. The summed E-state index contributed by atoms with van der Waals surface area (Å²) in [7, 11) is 0. The number of carbonyl (C=O) groups is 2. The molecule has 30 heavy (non-hydrogen) atoms. The van der Waals surface area contributed by atoms with Gasteiger partial charge in [0.2, 0.25) is 5.91 Å². The van der Waals surface area contributed by atoms with Crippen LogP contribution in [-0.2, 0) is 5.41 Å². The third kappa shape index (κ3) is 6.31. The first-order chi connectivity index (χ1) is 14.1. The molecular formula is C26H29NO3. The van der Waals surface area contributed by atoms with Crippen molar-refractivity contribution in [1.82, 2.24) is 0 Å². The summed E-state index contributed by atoms with van der Waals surface area (Å²) in [4.78, 5) is 23.0. The number of amides is 1. The molecule has 156 valence electrons. The minimum atomic E-state index is -0.379. The number of aryl methyl sites for hydroxylation is 2. The molecule has 0 unspecified atom stereocenters. The Morgan fingerprint density at radius 3 is 1.83 bits per heavy atom. The number of benzene rings is 3. The number of primary amides is 1. The van der Waals surface area contributed by atoms with Gasteiger partial charge in [0.1, 0.15) is 5.75 Å². The number of rotatable bonds is 3. The highest BCUT2D eigenvalue weighted by molar-refractivity contribution is 5.95. The van der Waals surface area contributed by atoms with Gasteiger partial charge < -0.3 is 10.5 Å². The van der Waals surface area contributed by atoms with Crippen LogP contribution in [0.5, 0.6) is 5.75 Å². The predicted octanol–water partition coefficient (Wildman–Crippen LogP) is 5.61. The fraction of sp³-hybridized carbons (Fsp3) is 0.231. The topological polar surface area (TPSA) is 69.4 Å². The molecule has 4 heteroatoms. The number of para-hydroxylation sites is 1. The molecule has 0 heterocycles. The Hall–Kier alpha value is -3.40. The molecule has 0 saturated carbocycles. The monoisotopic (exact) mass is 403 g/mol. The van der Waals surface area contributed by atoms with Gasteiger partial charge in [-0.2, -0.15) is 0 Å². The average molecular weight is 404 g/mol. The zero-order chi connectivity index (χ0) is 22.3. The molecule has 2 N–H and O–H groups in total. The lowest BCUT2D eigenvalue weighted by atomic mass is 9.81. The molecule has 4 nitrogen and oxygen atoms in total. The van der Waals surface area contributed by atoms with Crippen molar-refractivity contribution in [2.75, 3.05) is 0 Å². The van der Waals surface area contributed by atoms with E-state index in [0.717, 1.165) is 16.7 Å². The number of hydrogen-bond acceptors (Lipinski definition) is 3. The maximum absolute atomic E-state index is 12.6. The molecule has 0 radical (unpaired) electrons. The summed E-state index contributed by atoms with van der Waals surface area (Å²) in [5.74, 6) is -0.0958. The molecule has 0 spiro atoms. The summed E-state index contributed by atoms with van der Waals surface area (Å²) in [6.07, 6.45) is 0. The van der Waals surface area contributed by atoms with Crippen LogP contribution in [0.15, 0.2) is 72.8 Å². The highest BCUT2D eigenvalue weighted by Gasteiger charge is 2.25. The van der Waals surface area contributed by atoms with Crippen LogP contribution in [0.4, 0.5) is 0 Å². The van der Waals surface area contributed by atoms with Crippen molar-refractivity contribution in [3.63, 3.8) is 0 Å². The lowest BCUT2D eigenvalue weighted by Crippen LogP contribution is -2.21. The smallest absolute Gasteiger partial charge is 0.344 e. The van der Waals surface area contributed by atoms with Crippen molar-refractivity contribution in [2.45, 2.75) is 40.0 Å². The van der Waals surface area contributed by atoms with Crippen LogP contribution in [0.3, 0.4) is 0 Å². The number of nitrogens with two attached hydrogens (primary N) is 1. The van der Waals surface area contributed by atoms with Crippen LogP contribution in [0, 0.1) is 13.8 Å². The van der Waals surface area contributed by atoms with Gasteiger partial charge in [-0.1, -0.05) is 74.9 Å². The normalized spacial score (nSPS) is 10.6. The van der Waals surface area contributed by atoms with Crippen molar-refractivity contribution in [3.8, 4) is 5.75 Å². The van der Waals surface area contributed by atoms with Crippen molar-refractivity contribution in [3.05, 3.63) is 101 Å². The zero-order valence-electron chi connectivity index (χ0n) is 18.2. The minimum absolute atomic E-state index is 0.109. The van der Waals surface area contributed by atoms with E-state index in [2.05, 4.69) is 33.8 Å². The van der Waals surface area contributed by atoms with Gasteiger partial charge in [0, 0.05) is 5.56 Å². The van der Waals surface area contributed by atoms with Gasteiger partial charge >= 0.3 is 5.97 Å². The molecule has 0 saturated heterocycles. The van der Waals surface area contributed by atoms with E-state index in [1.54, 1.807) is 36.4 Å².